The molecule has 3 rings (SSSR count). The van der Waals surface area contributed by atoms with Crippen molar-refractivity contribution in [2.24, 2.45) is 0 Å². The number of fused-ring (bicyclic) bond motifs is 1. The Morgan fingerprint density at radius 2 is 1.76 bits per heavy atom. The van der Waals surface area contributed by atoms with Crippen molar-refractivity contribution >= 4 is 11.0 Å². The number of hydrogen-bond acceptors (Lipinski definition) is 4. The number of aliphatic hydroxyl groups is 1. The lowest BCUT2D eigenvalue weighted by molar-refractivity contribution is 0.288. The van der Waals surface area contributed by atoms with Gasteiger partial charge in [-0.1, -0.05) is 18.2 Å². The zero-order valence-corrected chi connectivity index (χ0v) is 11.8. The Labute approximate surface area is 122 Å². The average molecular weight is 283 g/mol. The predicted octanol–water partition coefficient (Wildman–Crippen LogP) is 2.36. The van der Waals surface area contributed by atoms with Crippen LogP contribution in [-0.2, 0) is 6.42 Å². The lowest BCUT2D eigenvalue weighted by Gasteiger charge is -2.09. The normalized spacial score (nSPS) is 11.1. The van der Waals surface area contributed by atoms with E-state index >= 15 is 0 Å². The minimum Gasteiger partial charge on any atom is -0.505 e. The third-order valence-corrected chi connectivity index (χ3v) is 3.47. The first-order chi connectivity index (χ1) is 10.2. The minimum absolute atomic E-state index is 0.152. The molecule has 0 aliphatic rings. The smallest absolute Gasteiger partial charge is 0.146 e. The van der Waals surface area contributed by atoms with Gasteiger partial charge in [0.15, 0.2) is 0 Å². The largest absolute Gasteiger partial charge is 0.505 e. The minimum atomic E-state index is 0.152. The van der Waals surface area contributed by atoms with Crippen LogP contribution in [0.25, 0.3) is 16.7 Å². The van der Waals surface area contributed by atoms with Crippen molar-refractivity contribution in [3.05, 3.63) is 47.5 Å². The van der Waals surface area contributed by atoms with Gasteiger partial charge in [-0.25, -0.2) is 0 Å². The molecule has 0 aliphatic carbocycles. The molecule has 0 atom stereocenters. The van der Waals surface area contributed by atoms with Gasteiger partial charge in [-0.2, -0.15) is 0 Å². The Kier molecular flexibility index (Phi) is 3.58. The fourth-order valence-electron chi connectivity index (χ4n) is 2.38. The molecule has 0 saturated carbocycles. The number of aromatic hydroxyl groups is 1. The first kappa shape index (κ1) is 13.6. The molecule has 5 nitrogen and oxygen atoms in total. The number of benzene rings is 2. The van der Waals surface area contributed by atoms with E-state index in [0.29, 0.717) is 12.1 Å². The highest BCUT2D eigenvalue weighted by Crippen LogP contribution is 2.27. The summed E-state index contributed by atoms with van der Waals surface area (Å²) in [5.74, 6) is 0.183. The van der Waals surface area contributed by atoms with Crippen LogP contribution in [0.2, 0.25) is 0 Å². The zero-order valence-electron chi connectivity index (χ0n) is 11.8. The van der Waals surface area contributed by atoms with Crippen LogP contribution in [0.4, 0.5) is 0 Å². The number of phenols is 1. The average Bonchev–Trinajstić information content (AvgIpc) is 2.92. The molecule has 0 bridgehead atoms. The second-order valence-corrected chi connectivity index (χ2v) is 5.09. The van der Waals surface area contributed by atoms with Crippen molar-refractivity contribution < 1.29 is 10.2 Å². The van der Waals surface area contributed by atoms with Crippen LogP contribution in [-0.4, -0.2) is 31.8 Å². The molecule has 2 N–H and O–H groups in total. The lowest BCUT2D eigenvalue weighted by Crippen LogP contribution is -2.02. The standard InChI is InChI=1S/C16H17N3O2/c1-11-9-12(5-4-8-20)10-15(16(11)21)19-17-13-6-2-3-7-14(13)18-19/h2-3,6-7,9-10,20-21H,4-5,8H2,1H3. The van der Waals surface area contributed by atoms with E-state index < -0.39 is 0 Å². The molecule has 2 aromatic carbocycles. The van der Waals surface area contributed by atoms with E-state index in [1.54, 1.807) is 0 Å². The van der Waals surface area contributed by atoms with Gasteiger partial charge in [0.2, 0.25) is 0 Å². The second kappa shape index (κ2) is 5.54. The van der Waals surface area contributed by atoms with Gasteiger partial charge in [0.25, 0.3) is 0 Å². The zero-order chi connectivity index (χ0) is 14.8. The first-order valence-electron chi connectivity index (χ1n) is 6.95. The molecule has 1 aromatic heterocycles. The summed E-state index contributed by atoms with van der Waals surface area (Å²) in [7, 11) is 0. The molecule has 0 aliphatic heterocycles. The van der Waals surface area contributed by atoms with Crippen LogP contribution >= 0.6 is 0 Å². The number of aromatic nitrogens is 3. The SMILES string of the molecule is Cc1cc(CCCO)cc(-n2nc3ccccc3n2)c1O. The molecule has 0 fully saturated rings. The van der Waals surface area contributed by atoms with Gasteiger partial charge < -0.3 is 10.2 Å². The first-order valence-corrected chi connectivity index (χ1v) is 6.95. The maximum Gasteiger partial charge on any atom is 0.146 e. The molecule has 108 valence electrons. The third-order valence-electron chi connectivity index (χ3n) is 3.47. The Morgan fingerprint density at radius 3 is 2.38 bits per heavy atom. The van der Waals surface area contributed by atoms with Gasteiger partial charge in [-0.15, -0.1) is 15.0 Å². The summed E-state index contributed by atoms with van der Waals surface area (Å²) in [6, 6.07) is 11.4. The van der Waals surface area contributed by atoms with Crippen LogP contribution in [0.1, 0.15) is 17.5 Å². The predicted molar refractivity (Wildman–Crippen MR) is 80.7 cm³/mol. The summed E-state index contributed by atoms with van der Waals surface area (Å²) in [6.07, 6.45) is 1.45. The quantitative estimate of drug-likeness (QED) is 0.771. The van der Waals surface area contributed by atoms with Crippen LogP contribution < -0.4 is 0 Å². The summed E-state index contributed by atoms with van der Waals surface area (Å²) in [5.41, 5.74) is 3.97. The number of phenolic OH excluding ortho intramolecular Hbond substituents is 1. The van der Waals surface area contributed by atoms with Crippen molar-refractivity contribution in [2.75, 3.05) is 6.61 Å². The van der Waals surface area contributed by atoms with Crippen molar-refractivity contribution in [2.45, 2.75) is 19.8 Å². The van der Waals surface area contributed by atoms with Gasteiger partial charge in [-0.05, 0) is 49.1 Å². The maximum absolute atomic E-state index is 10.3. The molecule has 1 heterocycles. The van der Waals surface area contributed by atoms with E-state index in [1.807, 2.05) is 43.3 Å². The fraction of sp³-hybridized carbons (Fsp3) is 0.250. The highest BCUT2D eigenvalue weighted by molar-refractivity contribution is 5.73. The second-order valence-electron chi connectivity index (χ2n) is 5.09. The maximum atomic E-state index is 10.3. The fourth-order valence-corrected chi connectivity index (χ4v) is 2.38. The summed E-state index contributed by atoms with van der Waals surface area (Å²) in [5, 5.41) is 28.0. The van der Waals surface area contributed by atoms with Gasteiger partial charge in [-0.3, -0.25) is 0 Å². The third kappa shape index (κ3) is 2.60. The monoisotopic (exact) mass is 283 g/mol. The molecule has 5 heteroatoms. The number of aryl methyl sites for hydroxylation is 2. The summed E-state index contributed by atoms with van der Waals surface area (Å²) < 4.78 is 0. The number of aliphatic hydroxyl groups excluding tert-OH is 1. The molecular formula is C16H17N3O2. The van der Waals surface area contributed by atoms with Gasteiger partial charge in [0.1, 0.15) is 22.5 Å². The molecule has 0 spiro atoms. The molecule has 0 amide bonds. The van der Waals surface area contributed by atoms with E-state index in [9.17, 15) is 5.11 Å². The van der Waals surface area contributed by atoms with Crippen LogP contribution in [0.15, 0.2) is 36.4 Å². The van der Waals surface area contributed by atoms with E-state index in [0.717, 1.165) is 28.6 Å². The Bertz CT molecular complexity index is 747. The topological polar surface area (TPSA) is 71.2 Å². The highest BCUT2D eigenvalue weighted by Gasteiger charge is 2.12. The molecule has 0 unspecified atom stereocenters. The van der Waals surface area contributed by atoms with Gasteiger partial charge >= 0.3 is 0 Å². The summed E-state index contributed by atoms with van der Waals surface area (Å²) >= 11 is 0. The van der Waals surface area contributed by atoms with E-state index in [-0.39, 0.29) is 12.4 Å². The molecule has 0 saturated heterocycles. The van der Waals surface area contributed by atoms with Crippen molar-refractivity contribution in [1.29, 1.82) is 0 Å². The van der Waals surface area contributed by atoms with Crippen molar-refractivity contribution in [3.63, 3.8) is 0 Å². The van der Waals surface area contributed by atoms with Crippen molar-refractivity contribution in [1.82, 2.24) is 15.0 Å². The molecule has 21 heavy (non-hydrogen) atoms. The molecule has 0 radical (unpaired) electrons. The summed E-state index contributed by atoms with van der Waals surface area (Å²) in [6.45, 7) is 2.00. The number of nitrogens with zero attached hydrogens (tertiary/aromatic N) is 3. The Hall–Kier alpha value is -2.40. The van der Waals surface area contributed by atoms with Crippen LogP contribution in [0, 0.1) is 6.92 Å². The Balaban J connectivity index is 2.09. The van der Waals surface area contributed by atoms with Gasteiger partial charge in [0.05, 0.1) is 0 Å². The van der Waals surface area contributed by atoms with Crippen molar-refractivity contribution in [3.8, 4) is 11.4 Å². The van der Waals surface area contributed by atoms with E-state index in [1.165, 1.54) is 4.80 Å². The molecular weight excluding hydrogens is 266 g/mol. The van der Waals surface area contributed by atoms with E-state index in [2.05, 4.69) is 10.2 Å². The number of hydrogen-bond donors (Lipinski definition) is 2. The van der Waals surface area contributed by atoms with Crippen LogP contribution in [0.3, 0.4) is 0 Å². The lowest BCUT2D eigenvalue weighted by atomic mass is 10.0. The Morgan fingerprint density at radius 1 is 1.10 bits per heavy atom. The van der Waals surface area contributed by atoms with E-state index in [4.69, 9.17) is 5.11 Å². The summed E-state index contributed by atoms with van der Waals surface area (Å²) in [4.78, 5) is 1.47. The highest BCUT2D eigenvalue weighted by atomic mass is 16.3. The van der Waals surface area contributed by atoms with Crippen LogP contribution in [0.5, 0.6) is 5.75 Å². The molecule has 3 aromatic rings. The number of rotatable bonds is 4. The van der Waals surface area contributed by atoms with Gasteiger partial charge in [0, 0.05) is 6.61 Å².